The molecular weight excluding hydrogens is 192 g/mol. The molecule has 5 heteroatoms. The molecule has 1 heterocycles. The van der Waals surface area contributed by atoms with Gasteiger partial charge in [0.25, 0.3) is 0 Å². The van der Waals surface area contributed by atoms with Gasteiger partial charge in [0.1, 0.15) is 0 Å². The van der Waals surface area contributed by atoms with Gasteiger partial charge in [-0.05, 0) is 12.5 Å². The molecule has 1 aromatic heterocycles. The highest BCUT2D eigenvalue weighted by molar-refractivity contribution is 5.73. The minimum absolute atomic E-state index is 0.130. The predicted octanol–water partition coefficient (Wildman–Crippen LogP) is 1.02. The minimum Gasteiger partial charge on any atom is -0.338 e. The molecule has 0 radical (unpaired) electrons. The molecule has 2 amide bonds. The summed E-state index contributed by atoms with van der Waals surface area (Å²) in [7, 11) is 1.85. The molecule has 15 heavy (non-hydrogen) atoms. The molecule has 84 valence electrons. The van der Waals surface area contributed by atoms with Gasteiger partial charge in [0, 0.05) is 19.8 Å². The fraction of sp³-hybridized carbons (Fsp3) is 0.600. The Balaban J connectivity index is 2.16. The number of amides is 2. The van der Waals surface area contributed by atoms with Crippen molar-refractivity contribution in [1.82, 2.24) is 20.4 Å². The van der Waals surface area contributed by atoms with E-state index in [1.54, 1.807) is 4.68 Å². The fourth-order valence-electron chi connectivity index (χ4n) is 1.17. The molecule has 0 saturated carbocycles. The van der Waals surface area contributed by atoms with E-state index in [-0.39, 0.29) is 6.03 Å². The SMILES string of the molecule is CCCCNC(=O)NCc1ccn(C)n1. The third-order valence-corrected chi connectivity index (χ3v) is 2.01. The molecule has 2 N–H and O–H groups in total. The van der Waals surface area contributed by atoms with Crippen molar-refractivity contribution in [3.05, 3.63) is 18.0 Å². The summed E-state index contributed by atoms with van der Waals surface area (Å²) in [4.78, 5) is 11.2. The smallest absolute Gasteiger partial charge is 0.315 e. The van der Waals surface area contributed by atoms with Crippen LogP contribution in [0.1, 0.15) is 25.5 Å². The van der Waals surface area contributed by atoms with Gasteiger partial charge in [0.15, 0.2) is 0 Å². The molecule has 0 unspecified atom stereocenters. The van der Waals surface area contributed by atoms with Crippen LogP contribution in [0.5, 0.6) is 0 Å². The number of hydrogen-bond donors (Lipinski definition) is 2. The summed E-state index contributed by atoms with van der Waals surface area (Å²) < 4.78 is 1.71. The van der Waals surface area contributed by atoms with Crippen molar-refractivity contribution in [1.29, 1.82) is 0 Å². The van der Waals surface area contributed by atoms with Crippen molar-refractivity contribution < 1.29 is 4.79 Å². The zero-order chi connectivity index (χ0) is 11.1. The molecule has 0 aliphatic carbocycles. The molecule has 0 atom stereocenters. The third-order valence-electron chi connectivity index (χ3n) is 2.01. The number of unbranched alkanes of at least 4 members (excludes halogenated alkanes) is 1. The summed E-state index contributed by atoms with van der Waals surface area (Å²) in [5.41, 5.74) is 0.864. The van der Waals surface area contributed by atoms with E-state index in [1.807, 2.05) is 19.3 Å². The van der Waals surface area contributed by atoms with E-state index in [1.165, 1.54) is 0 Å². The van der Waals surface area contributed by atoms with Crippen LogP contribution in [0.15, 0.2) is 12.3 Å². The van der Waals surface area contributed by atoms with Crippen molar-refractivity contribution >= 4 is 6.03 Å². The van der Waals surface area contributed by atoms with Crippen molar-refractivity contribution in [3.63, 3.8) is 0 Å². The van der Waals surface area contributed by atoms with Gasteiger partial charge in [-0.1, -0.05) is 13.3 Å². The number of urea groups is 1. The normalized spacial score (nSPS) is 10.0. The second kappa shape index (κ2) is 6.06. The second-order valence-corrected chi connectivity index (χ2v) is 3.44. The average Bonchev–Trinajstić information content (AvgIpc) is 2.62. The molecule has 0 fully saturated rings. The van der Waals surface area contributed by atoms with Gasteiger partial charge in [-0.15, -0.1) is 0 Å². The maximum atomic E-state index is 11.2. The summed E-state index contributed by atoms with van der Waals surface area (Å²) in [6, 6.07) is 1.75. The third kappa shape index (κ3) is 4.49. The Morgan fingerprint density at radius 3 is 2.93 bits per heavy atom. The van der Waals surface area contributed by atoms with E-state index < -0.39 is 0 Å². The summed E-state index contributed by atoms with van der Waals surface area (Å²) in [5, 5.41) is 9.67. The lowest BCUT2D eigenvalue weighted by molar-refractivity contribution is 0.240. The van der Waals surface area contributed by atoms with Crippen molar-refractivity contribution in [2.75, 3.05) is 6.54 Å². The lowest BCUT2D eigenvalue weighted by Gasteiger charge is -2.05. The Morgan fingerprint density at radius 2 is 2.33 bits per heavy atom. The van der Waals surface area contributed by atoms with Crippen LogP contribution in [0.25, 0.3) is 0 Å². The van der Waals surface area contributed by atoms with Gasteiger partial charge < -0.3 is 10.6 Å². The number of carbonyl (C=O) groups excluding carboxylic acids is 1. The first-order chi connectivity index (χ1) is 7.22. The van der Waals surface area contributed by atoms with Crippen LogP contribution in [0.2, 0.25) is 0 Å². The van der Waals surface area contributed by atoms with Crippen LogP contribution >= 0.6 is 0 Å². The first-order valence-electron chi connectivity index (χ1n) is 5.22. The number of aryl methyl sites for hydroxylation is 1. The molecule has 0 saturated heterocycles. The first-order valence-corrected chi connectivity index (χ1v) is 5.22. The summed E-state index contributed by atoms with van der Waals surface area (Å²) >= 11 is 0. The lowest BCUT2D eigenvalue weighted by Crippen LogP contribution is -2.35. The van der Waals surface area contributed by atoms with Crippen LogP contribution in [0.4, 0.5) is 4.79 Å². The minimum atomic E-state index is -0.130. The standard InChI is InChI=1S/C10H18N4O/c1-3-4-6-11-10(15)12-8-9-5-7-14(2)13-9/h5,7H,3-4,6,8H2,1-2H3,(H2,11,12,15). The van der Waals surface area contributed by atoms with Crippen LogP contribution in [-0.4, -0.2) is 22.4 Å². The molecule has 1 rings (SSSR count). The van der Waals surface area contributed by atoms with Crippen LogP contribution in [-0.2, 0) is 13.6 Å². The van der Waals surface area contributed by atoms with E-state index in [4.69, 9.17) is 0 Å². The number of nitrogens with zero attached hydrogens (tertiary/aromatic N) is 2. The molecule has 5 nitrogen and oxygen atoms in total. The molecule has 0 bridgehead atoms. The molecule has 0 aliphatic heterocycles. The Bertz CT molecular complexity index is 308. The van der Waals surface area contributed by atoms with Gasteiger partial charge in [-0.2, -0.15) is 5.10 Å². The van der Waals surface area contributed by atoms with Crippen LogP contribution in [0, 0.1) is 0 Å². The average molecular weight is 210 g/mol. The topological polar surface area (TPSA) is 59.0 Å². The highest BCUT2D eigenvalue weighted by Gasteiger charge is 2.00. The largest absolute Gasteiger partial charge is 0.338 e. The summed E-state index contributed by atoms with van der Waals surface area (Å²) in [6.07, 6.45) is 3.95. The maximum Gasteiger partial charge on any atom is 0.315 e. The van der Waals surface area contributed by atoms with Gasteiger partial charge in [0.2, 0.25) is 0 Å². The molecule has 0 aliphatic rings. The Kier molecular flexibility index (Phi) is 4.66. The number of hydrogen-bond acceptors (Lipinski definition) is 2. The lowest BCUT2D eigenvalue weighted by atomic mass is 10.3. The molecule has 0 aromatic carbocycles. The van der Waals surface area contributed by atoms with E-state index in [0.29, 0.717) is 6.54 Å². The highest BCUT2D eigenvalue weighted by atomic mass is 16.2. The molecule has 1 aromatic rings. The van der Waals surface area contributed by atoms with E-state index in [9.17, 15) is 4.79 Å². The number of nitrogens with one attached hydrogen (secondary N) is 2. The van der Waals surface area contributed by atoms with Crippen LogP contribution < -0.4 is 10.6 Å². The van der Waals surface area contributed by atoms with Gasteiger partial charge in [0.05, 0.1) is 12.2 Å². The van der Waals surface area contributed by atoms with E-state index in [0.717, 1.165) is 25.1 Å². The van der Waals surface area contributed by atoms with Crippen molar-refractivity contribution in [2.45, 2.75) is 26.3 Å². The fourth-order valence-corrected chi connectivity index (χ4v) is 1.17. The summed E-state index contributed by atoms with van der Waals surface area (Å²) in [6.45, 7) is 3.29. The zero-order valence-electron chi connectivity index (χ0n) is 9.29. The highest BCUT2D eigenvalue weighted by Crippen LogP contribution is 1.92. The van der Waals surface area contributed by atoms with Crippen molar-refractivity contribution in [2.24, 2.45) is 7.05 Å². The van der Waals surface area contributed by atoms with Gasteiger partial charge >= 0.3 is 6.03 Å². The molecule has 0 spiro atoms. The summed E-state index contributed by atoms with van der Waals surface area (Å²) in [5.74, 6) is 0. The Labute approximate surface area is 89.9 Å². The Hall–Kier alpha value is -1.52. The van der Waals surface area contributed by atoms with Crippen molar-refractivity contribution in [3.8, 4) is 0 Å². The van der Waals surface area contributed by atoms with Crippen LogP contribution in [0.3, 0.4) is 0 Å². The number of carbonyl (C=O) groups is 1. The molecular formula is C10H18N4O. The monoisotopic (exact) mass is 210 g/mol. The quantitative estimate of drug-likeness (QED) is 0.713. The van der Waals surface area contributed by atoms with E-state index in [2.05, 4.69) is 22.7 Å². The van der Waals surface area contributed by atoms with Gasteiger partial charge in [-0.25, -0.2) is 4.79 Å². The second-order valence-electron chi connectivity index (χ2n) is 3.44. The maximum absolute atomic E-state index is 11.2. The number of rotatable bonds is 5. The van der Waals surface area contributed by atoms with E-state index >= 15 is 0 Å². The predicted molar refractivity (Wildman–Crippen MR) is 58.4 cm³/mol. The first kappa shape index (κ1) is 11.6. The zero-order valence-corrected chi connectivity index (χ0v) is 9.29. The Morgan fingerprint density at radius 1 is 1.53 bits per heavy atom. The van der Waals surface area contributed by atoms with Gasteiger partial charge in [-0.3, -0.25) is 4.68 Å². The number of aromatic nitrogens is 2.